The Morgan fingerprint density at radius 1 is 1.33 bits per heavy atom. The summed E-state index contributed by atoms with van der Waals surface area (Å²) >= 11 is 0. The van der Waals surface area contributed by atoms with E-state index >= 15 is 0 Å². The molecule has 0 amide bonds. The largest absolute Gasteiger partial charge is 0.303 e. The second-order valence-corrected chi connectivity index (χ2v) is 5.39. The SMILES string of the molecule is CC(C)(C)CCCC1(C=O)CC1. The van der Waals surface area contributed by atoms with E-state index in [1.165, 1.54) is 19.1 Å². The molecule has 1 rings (SSSR count). The summed E-state index contributed by atoms with van der Waals surface area (Å²) < 4.78 is 0. The van der Waals surface area contributed by atoms with Gasteiger partial charge in [0.2, 0.25) is 0 Å². The maximum absolute atomic E-state index is 10.6. The Kier molecular flexibility index (Phi) is 2.60. The van der Waals surface area contributed by atoms with Crippen molar-refractivity contribution in [1.29, 1.82) is 0 Å². The quantitative estimate of drug-likeness (QED) is 0.589. The molecule has 12 heavy (non-hydrogen) atoms. The van der Waals surface area contributed by atoms with E-state index < -0.39 is 0 Å². The van der Waals surface area contributed by atoms with Crippen LogP contribution < -0.4 is 0 Å². The number of aldehydes is 1. The molecule has 0 N–H and O–H groups in total. The monoisotopic (exact) mass is 168 g/mol. The highest BCUT2D eigenvalue weighted by Gasteiger charge is 2.41. The van der Waals surface area contributed by atoms with Crippen LogP contribution in [0.3, 0.4) is 0 Å². The number of hydrogen-bond acceptors (Lipinski definition) is 1. The predicted octanol–water partition coefficient (Wildman–Crippen LogP) is 3.18. The molecule has 1 aliphatic carbocycles. The van der Waals surface area contributed by atoms with Crippen molar-refractivity contribution in [1.82, 2.24) is 0 Å². The van der Waals surface area contributed by atoms with Gasteiger partial charge in [0.05, 0.1) is 0 Å². The normalized spacial score (nSPS) is 20.6. The topological polar surface area (TPSA) is 17.1 Å². The molecule has 0 spiro atoms. The molecular formula is C11H20O. The van der Waals surface area contributed by atoms with Crippen molar-refractivity contribution in [2.45, 2.75) is 52.9 Å². The summed E-state index contributed by atoms with van der Waals surface area (Å²) in [5.74, 6) is 0. The summed E-state index contributed by atoms with van der Waals surface area (Å²) in [6.07, 6.45) is 7.02. The summed E-state index contributed by atoms with van der Waals surface area (Å²) in [5.41, 5.74) is 0.560. The fourth-order valence-electron chi connectivity index (χ4n) is 1.56. The average Bonchev–Trinajstić information content (AvgIpc) is 2.67. The summed E-state index contributed by atoms with van der Waals surface area (Å²) in [6, 6.07) is 0. The van der Waals surface area contributed by atoms with Gasteiger partial charge < -0.3 is 4.79 Å². The van der Waals surface area contributed by atoms with E-state index in [1.807, 2.05) is 0 Å². The molecule has 0 unspecified atom stereocenters. The van der Waals surface area contributed by atoms with Crippen molar-refractivity contribution in [3.8, 4) is 0 Å². The van der Waals surface area contributed by atoms with Crippen molar-refractivity contribution in [2.75, 3.05) is 0 Å². The number of carbonyl (C=O) groups excluding carboxylic acids is 1. The smallest absolute Gasteiger partial charge is 0.126 e. The van der Waals surface area contributed by atoms with Gasteiger partial charge in [0.1, 0.15) is 6.29 Å². The summed E-state index contributed by atoms with van der Waals surface area (Å²) in [6.45, 7) is 6.77. The van der Waals surface area contributed by atoms with Crippen LogP contribution in [0, 0.1) is 10.8 Å². The maximum atomic E-state index is 10.6. The first-order chi connectivity index (χ1) is 5.47. The van der Waals surface area contributed by atoms with Crippen LogP contribution in [0.25, 0.3) is 0 Å². The first-order valence-electron chi connectivity index (χ1n) is 4.94. The lowest BCUT2D eigenvalue weighted by Crippen LogP contribution is -2.07. The standard InChI is InChI=1S/C11H20O/c1-10(2,3)5-4-6-11(9-12)7-8-11/h9H,4-8H2,1-3H3. The van der Waals surface area contributed by atoms with Gasteiger partial charge in [0.15, 0.2) is 0 Å². The summed E-state index contributed by atoms with van der Waals surface area (Å²) in [4.78, 5) is 10.6. The highest BCUT2D eigenvalue weighted by Crippen LogP contribution is 2.48. The van der Waals surface area contributed by atoms with Crippen LogP contribution in [0.5, 0.6) is 0 Å². The Morgan fingerprint density at radius 3 is 2.25 bits per heavy atom. The van der Waals surface area contributed by atoms with Gasteiger partial charge in [0, 0.05) is 5.41 Å². The predicted molar refractivity (Wildman–Crippen MR) is 51.0 cm³/mol. The minimum Gasteiger partial charge on any atom is -0.303 e. The minimum atomic E-state index is 0.130. The summed E-state index contributed by atoms with van der Waals surface area (Å²) in [5, 5.41) is 0. The van der Waals surface area contributed by atoms with Gasteiger partial charge in [-0.2, -0.15) is 0 Å². The number of hydrogen-bond donors (Lipinski definition) is 0. The zero-order chi connectivity index (χ0) is 9.24. The molecule has 1 heteroatoms. The number of carbonyl (C=O) groups is 1. The Labute approximate surface area is 75.5 Å². The zero-order valence-corrected chi connectivity index (χ0v) is 8.52. The molecule has 70 valence electrons. The molecule has 1 aliphatic rings. The molecule has 0 aliphatic heterocycles. The van der Waals surface area contributed by atoms with E-state index in [9.17, 15) is 4.79 Å². The second kappa shape index (κ2) is 3.20. The van der Waals surface area contributed by atoms with E-state index in [2.05, 4.69) is 20.8 Å². The molecule has 0 radical (unpaired) electrons. The first kappa shape index (κ1) is 9.76. The Balaban J connectivity index is 2.14. The highest BCUT2D eigenvalue weighted by atomic mass is 16.1. The molecule has 0 bridgehead atoms. The van der Waals surface area contributed by atoms with Crippen LogP contribution >= 0.6 is 0 Å². The van der Waals surface area contributed by atoms with E-state index in [0.29, 0.717) is 5.41 Å². The van der Waals surface area contributed by atoms with Crippen molar-refractivity contribution in [2.24, 2.45) is 10.8 Å². The fraction of sp³-hybridized carbons (Fsp3) is 0.909. The van der Waals surface area contributed by atoms with Gasteiger partial charge in [-0.25, -0.2) is 0 Å². The zero-order valence-electron chi connectivity index (χ0n) is 8.52. The molecular weight excluding hydrogens is 148 g/mol. The van der Waals surface area contributed by atoms with Gasteiger partial charge in [-0.15, -0.1) is 0 Å². The highest BCUT2D eigenvalue weighted by molar-refractivity contribution is 5.63. The fourth-order valence-corrected chi connectivity index (χ4v) is 1.56. The van der Waals surface area contributed by atoms with Crippen LogP contribution in [0.4, 0.5) is 0 Å². The lowest BCUT2D eigenvalue weighted by molar-refractivity contribution is -0.112. The molecule has 0 atom stereocenters. The third kappa shape index (κ3) is 2.96. The third-order valence-electron chi connectivity index (χ3n) is 2.74. The Morgan fingerprint density at radius 2 is 1.92 bits per heavy atom. The van der Waals surface area contributed by atoms with Gasteiger partial charge in [-0.3, -0.25) is 0 Å². The van der Waals surface area contributed by atoms with E-state index in [1.54, 1.807) is 0 Å². The van der Waals surface area contributed by atoms with E-state index in [0.717, 1.165) is 19.3 Å². The van der Waals surface area contributed by atoms with Crippen molar-refractivity contribution < 1.29 is 4.79 Å². The minimum absolute atomic E-state index is 0.130. The second-order valence-electron chi connectivity index (χ2n) is 5.39. The van der Waals surface area contributed by atoms with Gasteiger partial charge in [-0.05, 0) is 31.1 Å². The van der Waals surface area contributed by atoms with Gasteiger partial charge >= 0.3 is 0 Å². The van der Waals surface area contributed by atoms with Crippen molar-refractivity contribution in [3.63, 3.8) is 0 Å². The average molecular weight is 168 g/mol. The molecule has 1 fully saturated rings. The molecule has 0 aromatic heterocycles. The third-order valence-corrected chi connectivity index (χ3v) is 2.74. The first-order valence-corrected chi connectivity index (χ1v) is 4.94. The van der Waals surface area contributed by atoms with Crippen LogP contribution in [-0.4, -0.2) is 6.29 Å². The van der Waals surface area contributed by atoms with Gasteiger partial charge in [-0.1, -0.05) is 27.2 Å². The molecule has 1 nitrogen and oxygen atoms in total. The van der Waals surface area contributed by atoms with Crippen molar-refractivity contribution in [3.05, 3.63) is 0 Å². The van der Waals surface area contributed by atoms with E-state index in [-0.39, 0.29) is 5.41 Å². The molecule has 0 aromatic rings. The van der Waals surface area contributed by atoms with E-state index in [4.69, 9.17) is 0 Å². The molecule has 0 heterocycles. The Hall–Kier alpha value is -0.330. The van der Waals surface area contributed by atoms with Crippen LogP contribution in [0.2, 0.25) is 0 Å². The lowest BCUT2D eigenvalue weighted by Gasteiger charge is -2.18. The molecule has 0 aromatic carbocycles. The van der Waals surface area contributed by atoms with Crippen LogP contribution in [-0.2, 0) is 4.79 Å². The van der Waals surface area contributed by atoms with Crippen LogP contribution in [0.15, 0.2) is 0 Å². The molecule has 1 saturated carbocycles. The van der Waals surface area contributed by atoms with Crippen molar-refractivity contribution >= 4 is 6.29 Å². The lowest BCUT2D eigenvalue weighted by atomic mass is 9.87. The maximum Gasteiger partial charge on any atom is 0.126 e. The summed E-state index contributed by atoms with van der Waals surface area (Å²) in [7, 11) is 0. The van der Waals surface area contributed by atoms with Gasteiger partial charge in [0.25, 0.3) is 0 Å². The molecule has 0 saturated heterocycles. The Bertz CT molecular complexity index is 160. The number of rotatable bonds is 4. The van der Waals surface area contributed by atoms with Crippen LogP contribution in [0.1, 0.15) is 52.9 Å².